The van der Waals surface area contributed by atoms with Gasteiger partial charge in [-0.15, -0.1) is 11.3 Å². The zero-order valence-electron chi connectivity index (χ0n) is 10.3. The second-order valence-electron chi connectivity index (χ2n) is 4.22. The SMILES string of the molecule is CCC1COCCN1S(=O)(=O)c1cc(Br)sc1C. The van der Waals surface area contributed by atoms with Gasteiger partial charge in [0.2, 0.25) is 10.0 Å². The van der Waals surface area contributed by atoms with Crippen LogP contribution in [0.5, 0.6) is 0 Å². The summed E-state index contributed by atoms with van der Waals surface area (Å²) in [5.41, 5.74) is 0. The summed E-state index contributed by atoms with van der Waals surface area (Å²) in [6.45, 7) is 5.22. The van der Waals surface area contributed by atoms with Gasteiger partial charge in [-0.25, -0.2) is 8.42 Å². The van der Waals surface area contributed by atoms with E-state index in [1.165, 1.54) is 11.3 Å². The molecule has 102 valence electrons. The summed E-state index contributed by atoms with van der Waals surface area (Å²) in [6.07, 6.45) is 0.767. The Balaban J connectivity index is 2.38. The highest BCUT2D eigenvalue weighted by Crippen LogP contribution is 2.32. The number of ether oxygens (including phenoxy) is 1. The molecule has 1 unspecified atom stereocenters. The second kappa shape index (κ2) is 5.58. The molecule has 0 saturated carbocycles. The Labute approximate surface area is 120 Å². The predicted octanol–water partition coefficient (Wildman–Crippen LogP) is 2.62. The van der Waals surface area contributed by atoms with Gasteiger partial charge in [-0.1, -0.05) is 6.92 Å². The maximum absolute atomic E-state index is 12.6. The number of morpholine rings is 1. The van der Waals surface area contributed by atoms with Crippen LogP contribution in [0.4, 0.5) is 0 Å². The number of hydrogen-bond acceptors (Lipinski definition) is 4. The molecule has 1 aromatic heterocycles. The van der Waals surface area contributed by atoms with Crippen LogP contribution in [0.2, 0.25) is 0 Å². The molecule has 0 amide bonds. The first kappa shape index (κ1) is 14.5. The van der Waals surface area contributed by atoms with Crippen LogP contribution in [0.25, 0.3) is 0 Å². The fourth-order valence-corrected chi connectivity index (χ4v) is 6.14. The van der Waals surface area contributed by atoms with Crippen LogP contribution >= 0.6 is 27.3 Å². The molecule has 1 aromatic rings. The van der Waals surface area contributed by atoms with Crippen molar-refractivity contribution in [1.82, 2.24) is 4.31 Å². The van der Waals surface area contributed by atoms with Gasteiger partial charge in [0.25, 0.3) is 0 Å². The smallest absolute Gasteiger partial charge is 0.244 e. The Hall–Kier alpha value is 0.0500. The van der Waals surface area contributed by atoms with Crippen LogP contribution in [0.15, 0.2) is 14.7 Å². The number of aryl methyl sites for hydroxylation is 1. The van der Waals surface area contributed by atoms with E-state index in [0.717, 1.165) is 15.1 Å². The number of sulfonamides is 1. The van der Waals surface area contributed by atoms with Gasteiger partial charge in [0, 0.05) is 17.5 Å². The normalized spacial score (nSPS) is 22.3. The van der Waals surface area contributed by atoms with Crippen LogP contribution in [0, 0.1) is 6.92 Å². The van der Waals surface area contributed by atoms with Crippen LogP contribution in [0.3, 0.4) is 0 Å². The molecule has 1 saturated heterocycles. The molecular formula is C11H16BrNO3S2. The molecule has 0 radical (unpaired) electrons. The molecule has 2 rings (SSSR count). The lowest BCUT2D eigenvalue weighted by molar-refractivity contribution is 0.0314. The first-order valence-electron chi connectivity index (χ1n) is 5.82. The van der Waals surface area contributed by atoms with E-state index < -0.39 is 10.0 Å². The molecule has 7 heteroatoms. The van der Waals surface area contributed by atoms with E-state index in [4.69, 9.17) is 4.74 Å². The van der Waals surface area contributed by atoms with Crippen molar-refractivity contribution in [2.45, 2.75) is 31.2 Å². The van der Waals surface area contributed by atoms with Crippen LogP contribution in [-0.2, 0) is 14.8 Å². The Morgan fingerprint density at radius 3 is 2.89 bits per heavy atom. The Bertz CT molecular complexity index is 526. The molecule has 0 bridgehead atoms. The van der Waals surface area contributed by atoms with Crippen molar-refractivity contribution >= 4 is 37.3 Å². The summed E-state index contributed by atoms with van der Waals surface area (Å²) in [7, 11) is -3.40. The molecule has 1 atom stereocenters. The van der Waals surface area contributed by atoms with Crippen molar-refractivity contribution in [1.29, 1.82) is 0 Å². The third-order valence-corrected chi connectivity index (χ3v) is 6.83. The number of thiophene rings is 1. The van der Waals surface area contributed by atoms with Gasteiger partial charge in [-0.3, -0.25) is 0 Å². The largest absolute Gasteiger partial charge is 0.378 e. The van der Waals surface area contributed by atoms with Crippen molar-refractivity contribution in [3.8, 4) is 0 Å². The molecule has 0 aliphatic carbocycles. The average Bonchev–Trinajstić information content (AvgIpc) is 2.69. The first-order chi connectivity index (χ1) is 8.46. The summed E-state index contributed by atoms with van der Waals surface area (Å²) >= 11 is 4.79. The minimum absolute atomic E-state index is 0.0539. The van der Waals surface area contributed by atoms with E-state index in [2.05, 4.69) is 15.9 Å². The maximum Gasteiger partial charge on any atom is 0.244 e. The highest BCUT2D eigenvalue weighted by atomic mass is 79.9. The lowest BCUT2D eigenvalue weighted by atomic mass is 10.2. The Morgan fingerprint density at radius 1 is 1.61 bits per heavy atom. The molecule has 0 spiro atoms. The van der Waals surface area contributed by atoms with Crippen LogP contribution in [-0.4, -0.2) is 38.5 Å². The van der Waals surface area contributed by atoms with E-state index in [0.29, 0.717) is 24.7 Å². The lowest BCUT2D eigenvalue weighted by Crippen LogP contribution is -2.48. The van der Waals surface area contributed by atoms with Gasteiger partial charge < -0.3 is 4.74 Å². The van der Waals surface area contributed by atoms with Gasteiger partial charge in [0.1, 0.15) is 0 Å². The number of nitrogens with zero attached hydrogens (tertiary/aromatic N) is 1. The fourth-order valence-electron chi connectivity index (χ4n) is 2.09. The van der Waals surface area contributed by atoms with E-state index in [9.17, 15) is 8.42 Å². The number of rotatable bonds is 3. The van der Waals surface area contributed by atoms with Crippen molar-refractivity contribution < 1.29 is 13.2 Å². The van der Waals surface area contributed by atoms with Gasteiger partial charge >= 0.3 is 0 Å². The summed E-state index contributed by atoms with van der Waals surface area (Å²) in [5, 5.41) is 0. The topological polar surface area (TPSA) is 46.6 Å². The minimum atomic E-state index is -3.40. The molecule has 1 aliphatic rings. The highest BCUT2D eigenvalue weighted by Gasteiger charge is 2.34. The summed E-state index contributed by atoms with van der Waals surface area (Å²) in [6, 6.07) is 1.64. The zero-order chi connectivity index (χ0) is 13.3. The first-order valence-corrected chi connectivity index (χ1v) is 8.87. The van der Waals surface area contributed by atoms with Gasteiger partial charge in [0.15, 0.2) is 0 Å². The van der Waals surface area contributed by atoms with Crippen molar-refractivity contribution in [2.24, 2.45) is 0 Å². The molecular weight excluding hydrogens is 338 g/mol. The molecule has 18 heavy (non-hydrogen) atoms. The number of hydrogen-bond donors (Lipinski definition) is 0. The molecule has 1 fully saturated rings. The Morgan fingerprint density at radius 2 is 2.33 bits per heavy atom. The quantitative estimate of drug-likeness (QED) is 0.838. The van der Waals surface area contributed by atoms with E-state index >= 15 is 0 Å². The van der Waals surface area contributed by atoms with Crippen LogP contribution < -0.4 is 0 Å². The Kier molecular flexibility index (Phi) is 4.48. The zero-order valence-corrected chi connectivity index (χ0v) is 13.6. The second-order valence-corrected chi connectivity index (χ2v) is 8.72. The summed E-state index contributed by atoms with van der Waals surface area (Å²) in [5.74, 6) is 0. The maximum atomic E-state index is 12.6. The van der Waals surface area contributed by atoms with Crippen molar-refractivity contribution in [2.75, 3.05) is 19.8 Å². The van der Waals surface area contributed by atoms with E-state index in [1.807, 2.05) is 13.8 Å². The summed E-state index contributed by atoms with van der Waals surface area (Å²) < 4.78 is 33.1. The minimum Gasteiger partial charge on any atom is -0.378 e. The van der Waals surface area contributed by atoms with Crippen LogP contribution in [0.1, 0.15) is 18.2 Å². The monoisotopic (exact) mass is 353 g/mol. The van der Waals surface area contributed by atoms with Gasteiger partial charge in [-0.2, -0.15) is 4.31 Å². The number of halogens is 1. The highest BCUT2D eigenvalue weighted by molar-refractivity contribution is 9.11. The molecule has 0 N–H and O–H groups in total. The lowest BCUT2D eigenvalue weighted by Gasteiger charge is -2.33. The fraction of sp³-hybridized carbons (Fsp3) is 0.636. The molecule has 4 nitrogen and oxygen atoms in total. The van der Waals surface area contributed by atoms with E-state index in [-0.39, 0.29) is 6.04 Å². The van der Waals surface area contributed by atoms with Gasteiger partial charge in [0.05, 0.1) is 21.9 Å². The van der Waals surface area contributed by atoms with Gasteiger partial charge in [-0.05, 0) is 35.3 Å². The standard InChI is InChI=1S/C11H16BrNO3S2/c1-3-9-7-16-5-4-13(9)18(14,15)10-6-11(12)17-8(10)2/h6,9H,3-5,7H2,1-2H3. The molecule has 0 aromatic carbocycles. The average molecular weight is 354 g/mol. The third-order valence-electron chi connectivity index (χ3n) is 3.07. The van der Waals surface area contributed by atoms with Crippen molar-refractivity contribution in [3.63, 3.8) is 0 Å². The third kappa shape index (κ3) is 2.65. The predicted molar refractivity (Wildman–Crippen MR) is 75.5 cm³/mol. The molecule has 2 heterocycles. The molecule has 1 aliphatic heterocycles. The summed E-state index contributed by atoms with van der Waals surface area (Å²) in [4.78, 5) is 1.24. The van der Waals surface area contributed by atoms with Crippen molar-refractivity contribution in [3.05, 3.63) is 14.7 Å². The van der Waals surface area contributed by atoms with E-state index in [1.54, 1.807) is 10.4 Å².